The minimum absolute atomic E-state index is 0.00430. The van der Waals surface area contributed by atoms with Gasteiger partial charge in [0.1, 0.15) is 0 Å². The van der Waals surface area contributed by atoms with Gasteiger partial charge in [-0.1, -0.05) is 25.2 Å². The summed E-state index contributed by atoms with van der Waals surface area (Å²) >= 11 is 1.32. The molecule has 5 nitrogen and oxygen atoms in total. The van der Waals surface area contributed by atoms with Crippen LogP contribution in [-0.4, -0.2) is 40.6 Å². The second-order valence-electron chi connectivity index (χ2n) is 3.73. The van der Waals surface area contributed by atoms with Crippen molar-refractivity contribution in [3.8, 4) is 0 Å². The summed E-state index contributed by atoms with van der Waals surface area (Å²) in [4.78, 5) is 14.0. The van der Waals surface area contributed by atoms with Crippen LogP contribution in [0.15, 0.2) is 0 Å². The summed E-state index contributed by atoms with van der Waals surface area (Å²) in [6.07, 6.45) is 1.93. The van der Waals surface area contributed by atoms with Gasteiger partial charge >= 0.3 is 0 Å². The minimum atomic E-state index is -0.00430. The number of nitrogens with zero attached hydrogens (tertiary/aromatic N) is 3. The van der Waals surface area contributed by atoms with Crippen LogP contribution < -0.4 is 5.32 Å². The Labute approximate surface area is 106 Å². The molecule has 0 aliphatic rings. The Kier molecular flexibility index (Phi) is 5.90. The van der Waals surface area contributed by atoms with Gasteiger partial charge < -0.3 is 10.2 Å². The molecule has 0 fully saturated rings. The summed E-state index contributed by atoms with van der Waals surface area (Å²) in [5.41, 5.74) is 0. The third kappa shape index (κ3) is 3.96. The molecule has 0 spiro atoms. The highest BCUT2D eigenvalue weighted by molar-refractivity contribution is 7.17. The van der Waals surface area contributed by atoms with Crippen LogP contribution in [0.5, 0.6) is 0 Å². The number of amides is 1. The first-order valence-corrected chi connectivity index (χ1v) is 6.91. The lowest BCUT2D eigenvalue weighted by Gasteiger charge is -2.19. The Morgan fingerprint density at radius 1 is 1.24 bits per heavy atom. The Balaban J connectivity index is 2.70. The zero-order valence-corrected chi connectivity index (χ0v) is 11.5. The van der Waals surface area contributed by atoms with Crippen molar-refractivity contribution in [2.45, 2.75) is 33.6 Å². The molecular formula is C11H20N4OS. The van der Waals surface area contributed by atoms with Gasteiger partial charge in [-0.15, -0.1) is 10.2 Å². The molecule has 0 unspecified atom stereocenters. The molecule has 0 aromatic carbocycles. The Morgan fingerprint density at radius 2 is 1.88 bits per heavy atom. The van der Waals surface area contributed by atoms with Crippen LogP contribution in [0.1, 0.15) is 43.4 Å². The van der Waals surface area contributed by atoms with E-state index in [4.69, 9.17) is 0 Å². The van der Waals surface area contributed by atoms with E-state index < -0.39 is 0 Å². The van der Waals surface area contributed by atoms with E-state index in [9.17, 15) is 4.79 Å². The van der Waals surface area contributed by atoms with Gasteiger partial charge in [-0.3, -0.25) is 4.79 Å². The van der Waals surface area contributed by atoms with Gasteiger partial charge in [-0.2, -0.15) is 0 Å². The summed E-state index contributed by atoms with van der Waals surface area (Å²) in [5.74, 6) is -0.00430. The van der Waals surface area contributed by atoms with E-state index in [1.165, 1.54) is 11.3 Å². The second kappa shape index (κ2) is 7.21. The van der Waals surface area contributed by atoms with Gasteiger partial charge in [-0.05, 0) is 19.8 Å². The number of carbonyl (C=O) groups excluding carboxylic acids is 1. The molecule has 0 bridgehead atoms. The van der Waals surface area contributed by atoms with Gasteiger partial charge in [0.25, 0.3) is 5.91 Å². The smallest absolute Gasteiger partial charge is 0.284 e. The van der Waals surface area contributed by atoms with Gasteiger partial charge in [0.15, 0.2) is 0 Å². The number of anilines is 1. The van der Waals surface area contributed by atoms with E-state index in [-0.39, 0.29) is 5.91 Å². The summed E-state index contributed by atoms with van der Waals surface area (Å²) in [6, 6.07) is 0. The van der Waals surface area contributed by atoms with Crippen LogP contribution in [0, 0.1) is 0 Å². The van der Waals surface area contributed by atoms with Crippen molar-refractivity contribution in [1.82, 2.24) is 15.1 Å². The van der Waals surface area contributed by atoms with Crippen molar-refractivity contribution < 1.29 is 4.79 Å². The third-order valence-electron chi connectivity index (χ3n) is 2.21. The van der Waals surface area contributed by atoms with Crippen molar-refractivity contribution in [3.63, 3.8) is 0 Å². The molecule has 6 heteroatoms. The average molecular weight is 256 g/mol. The van der Waals surface area contributed by atoms with E-state index >= 15 is 0 Å². The van der Waals surface area contributed by atoms with Crippen LogP contribution in [0.3, 0.4) is 0 Å². The number of aromatic nitrogens is 2. The van der Waals surface area contributed by atoms with Gasteiger partial charge in [-0.25, -0.2) is 0 Å². The maximum Gasteiger partial charge on any atom is 0.284 e. The lowest BCUT2D eigenvalue weighted by Crippen LogP contribution is -2.32. The maximum absolute atomic E-state index is 12.1. The molecule has 0 radical (unpaired) electrons. The van der Waals surface area contributed by atoms with Crippen LogP contribution >= 0.6 is 11.3 Å². The molecule has 1 heterocycles. The molecular weight excluding hydrogens is 236 g/mol. The monoisotopic (exact) mass is 256 g/mol. The fourth-order valence-electron chi connectivity index (χ4n) is 1.52. The Hall–Kier alpha value is -1.17. The molecule has 1 amide bonds. The van der Waals surface area contributed by atoms with E-state index in [0.717, 1.165) is 32.5 Å². The van der Waals surface area contributed by atoms with Crippen molar-refractivity contribution in [2.75, 3.05) is 25.0 Å². The summed E-state index contributed by atoms with van der Waals surface area (Å²) in [5, 5.41) is 12.1. The van der Waals surface area contributed by atoms with Crippen molar-refractivity contribution in [1.29, 1.82) is 0 Å². The Bertz CT molecular complexity index is 347. The van der Waals surface area contributed by atoms with E-state index in [0.29, 0.717) is 10.1 Å². The summed E-state index contributed by atoms with van der Waals surface area (Å²) in [6.45, 7) is 8.48. The quantitative estimate of drug-likeness (QED) is 0.812. The van der Waals surface area contributed by atoms with Gasteiger partial charge in [0, 0.05) is 19.6 Å². The highest BCUT2D eigenvalue weighted by atomic mass is 32.1. The molecule has 0 atom stereocenters. The topological polar surface area (TPSA) is 58.1 Å². The zero-order chi connectivity index (χ0) is 12.7. The minimum Gasteiger partial charge on any atom is -0.360 e. The highest BCUT2D eigenvalue weighted by Gasteiger charge is 2.18. The predicted molar refractivity (Wildman–Crippen MR) is 70.6 cm³/mol. The largest absolute Gasteiger partial charge is 0.360 e. The summed E-state index contributed by atoms with van der Waals surface area (Å²) < 4.78 is 0. The third-order valence-corrected chi connectivity index (χ3v) is 3.08. The first-order chi connectivity index (χ1) is 8.22. The number of hydrogen-bond donors (Lipinski definition) is 1. The van der Waals surface area contributed by atoms with Crippen molar-refractivity contribution in [3.05, 3.63) is 5.01 Å². The van der Waals surface area contributed by atoms with Crippen molar-refractivity contribution >= 4 is 22.4 Å². The van der Waals surface area contributed by atoms with Gasteiger partial charge in [0.2, 0.25) is 10.1 Å². The van der Waals surface area contributed by atoms with E-state index in [2.05, 4.69) is 29.4 Å². The first-order valence-electron chi connectivity index (χ1n) is 6.09. The van der Waals surface area contributed by atoms with Crippen LogP contribution in [0.4, 0.5) is 5.13 Å². The van der Waals surface area contributed by atoms with Crippen LogP contribution in [0.25, 0.3) is 0 Å². The van der Waals surface area contributed by atoms with E-state index in [1.54, 1.807) is 0 Å². The molecule has 0 saturated carbocycles. The summed E-state index contributed by atoms with van der Waals surface area (Å²) in [7, 11) is 0. The van der Waals surface area contributed by atoms with Crippen LogP contribution in [-0.2, 0) is 0 Å². The lowest BCUT2D eigenvalue weighted by molar-refractivity contribution is 0.0754. The molecule has 96 valence electrons. The lowest BCUT2D eigenvalue weighted by atomic mass is 10.3. The molecule has 17 heavy (non-hydrogen) atoms. The molecule has 1 aromatic rings. The molecule has 0 saturated heterocycles. The average Bonchev–Trinajstić information content (AvgIpc) is 2.77. The highest BCUT2D eigenvalue weighted by Crippen LogP contribution is 2.17. The zero-order valence-electron chi connectivity index (χ0n) is 10.7. The molecule has 0 aliphatic heterocycles. The van der Waals surface area contributed by atoms with E-state index in [1.807, 2.05) is 11.8 Å². The maximum atomic E-state index is 12.1. The number of nitrogens with one attached hydrogen (secondary N) is 1. The second-order valence-corrected chi connectivity index (χ2v) is 4.71. The molecule has 0 aliphatic carbocycles. The first kappa shape index (κ1) is 13.9. The van der Waals surface area contributed by atoms with Crippen molar-refractivity contribution in [2.24, 2.45) is 0 Å². The number of carbonyl (C=O) groups is 1. The van der Waals surface area contributed by atoms with Crippen LogP contribution in [0.2, 0.25) is 0 Å². The molecule has 1 N–H and O–H groups in total. The van der Waals surface area contributed by atoms with Gasteiger partial charge in [0.05, 0.1) is 0 Å². The fraction of sp³-hybridized carbons (Fsp3) is 0.727. The Morgan fingerprint density at radius 3 is 2.41 bits per heavy atom. The standard InChI is InChI=1S/C11H20N4OS/c1-4-7-15(8-5-2)10(16)9-13-14-11(17-9)12-6-3/h4-8H2,1-3H3,(H,12,14). The SMILES string of the molecule is CCCN(CCC)C(=O)c1nnc(NCC)s1. The number of hydrogen-bond acceptors (Lipinski definition) is 5. The number of rotatable bonds is 7. The predicted octanol–water partition coefficient (Wildman–Crippen LogP) is 2.23. The fourth-order valence-corrected chi connectivity index (χ4v) is 2.30. The molecule has 1 rings (SSSR count). The molecule has 1 aromatic heterocycles. The normalized spacial score (nSPS) is 10.3.